The first-order valence-corrected chi connectivity index (χ1v) is 10.7. The van der Waals surface area contributed by atoms with Gasteiger partial charge < -0.3 is 19.3 Å². The molecule has 0 saturated carbocycles. The number of methoxy groups -OCH3 is 2. The third-order valence-corrected chi connectivity index (χ3v) is 6.06. The number of hydrogen-bond donors (Lipinski definition) is 0. The number of benzene rings is 1. The second-order valence-electron chi connectivity index (χ2n) is 7.08. The highest BCUT2D eigenvalue weighted by Gasteiger charge is 2.22. The minimum Gasteiger partial charge on any atom is -0.480 e. The summed E-state index contributed by atoms with van der Waals surface area (Å²) in [4.78, 5) is 26.9. The van der Waals surface area contributed by atoms with Gasteiger partial charge in [0.2, 0.25) is 17.7 Å². The molecule has 1 aromatic carbocycles. The molecule has 1 fully saturated rings. The molecule has 30 heavy (non-hydrogen) atoms. The summed E-state index contributed by atoms with van der Waals surface area (Å²) >= 11 is 1.50. The number of piperazine rings is 1. The van der Waals surface area contributed by atoms with Crippen LogP contribution in [0.1, 0.15) is 12.0 Å². The topological polar surface area (TPSA) is 67.8 Å². The van der Waals surface area contributed by atoms with E-state index < -0.39 is 0 Å². The third kappa shape index (κ3) is 5.52. The quantitative estimate of drug-likeness (QED) is 0.565. The van der Waals surface area contributed by atoms with Gasteiger partial charge in [-0.25, -0.2) is 0 Å². The Kier molecular flexibility index (Phi) is 7.70. The van der Waals surface area contributed by atoms with Crippen molar-refractivity contribution in [3.63, 3.8) is 0 Å². The van der Waals surface area contributed by atoms with Gasteiger partial charge in [-0.2, -0.15) is 9.97 Å². The van der Waals surface area contributed by atoms with Crippen LogP contribution in [0.15, 0.2) is 46.7 Å². The van der Waals surface area contributed by atoms with Crippen LogP contribution < -0.4 is 14.4 Å². The van der Waals surface area contributed by atoms with Crippen LogP contribution in [-0.2, 0) is 11.2 Å². The van der Waals surface area contributed by atoms with Crippen molar-refractivity contribution in [2.75, 3.05) is 52.3 Å². The Morgan fingerprint density at radius 2 is 1.70 bits per heavy atom. The molecule has 0 bridgehead atoms. The van der Waals surface area contributed by atoms with Crippen molar-refractivity contribution in [3.05, 3.63) is 42.5 Å². The minimum atomic E-state index is 0.0560. The number of anilines is 1. The highest BCUT2D eigenvalue weighted by Crippen LogP contribution is 2.41. The van der Waals surface area contributed by atoms with Crippen LogP contribution >= 0.6 is 11.8 Å². The molecule has 0 radical (unpaired) electrons. The van der Waals surface area contributed by atoms with Gasteiger partial charge in [-0.05, 0) is 37.2 Å². The van der Waals surface area contributed by atoms with Crippen molar-refractivity contribution >= 4 is 23.5 Å². The SMILES string of the molecule is C=CC(=O)CCc1ccc(Sc2c(OC)nc(N3CCN(C)CC3)nc2OC)cc1. The van der Waals surface area contributed by atoms with E-state index in [2.05, 4.69) is 33.4 Å². The number of likely N-dealkylation sites (N-methyl/N-ethyl adjacent to an activating group) is 1. The van der Waals surface area contributed by atoms with Crippen molar-refractivity contribution in [1.82, 2.24) is 14.9 Å². The Morgan fingerprint density at radius 1 is 1.10 bits per heavy atom. The standard InChI is InChI=1S/C22H28N4O3S/c1-5-17(27)9-6-16-7-10-18(11-8-16)30-19-20(28-3)23-22(24-21(19)29-4)26-14-12-25(2)13-15-26/h5,7-8,10-11H,1,6,9,12-15H2,2-4H3. The van der Waals surface area contributed by atoms with E-state index in [1.54, 1.807) is 14.2 Å². The molecule has 8 heteroatoms. The zero-order chi connectivity index (χ0) is 21.5. The third-order valence-electron chi connectivity index (χ3n) is 5.00. The second-order valence-corrected chi connectivity index (χ2v) is 8.16. The molecule has 2 aromatic rings. The summed E-state index contributed by atoms with van der Waals surface area (Å²) in [7, 11) is 5.33. The number of hydrogen-bond acceptors (Lipinski definition) is 8. The van der Waals surface area contributed by atoms with Gasteiger partial charge in [0, 0.05) is 37.5 Å². The molecular formula is C22H28N4O3S. The lowest BCUT2D eigenvalue weighted by atomic mass is 10.1. The molecule has 1 aliphatic rings. The lowest BCUT2D eigenvalue weighted by Gasteiger charge is -2.32. The Hall–Kier alpha value is -2.58. The van der Waals surface area contributed by atoms with Gasteiger partial charge in [-0.1, -0.05) is 30.5 Å². The number of nitrogens with zero attached hydrogens (tertiary/aromatic N) is 4. The number of allylic oxidation sites excluding steroid dienone is 1. The van der Waals surface area contributed by atoms with E-state index in [-0.39, 0.29) is 5.78 Å². The molecule has 0 aliphatic carbocycles. The van der Waals surface area contributed by atoms with Gasteiger partial charge in [-0.3, -0.25) is 4.79 Å². The van der Waals surface area contributed by atoms with Crippen molar-refractivity contribution in [1.29, 1.82) is 0 Å². The zero-order valence-electron chi connectivity index (χ0n) is 17.8. The van der Waals surface area contributed by atoms with Crippen LogP contribution in [-0.4, -0.2) is 68.1 Å². The molecule has 1 saturated heterocycles. The van der Waals surface area contributed by atoms with Crippen LogP contribution in [0.25, 0.3) is 0 Å². The van der Waals surface area contributed by atoms with Crippen LogP contribution in [0.4, 0.5) is 5.95 Å². The average Bonchev–Trinajstić information content (AvgIpc) is 2.78. The molecule has 1 aliphatic heterocycles. The molecule has 7 nitrogen and oxygen atoms in total. The first-order valence-electron chi connectivity index (χ1n) is 9.89. The molecule has 1 aromatic heterocycles. The van der Waals surface area contributed by atoms with Crippen LogP contribution in [0.2, 0.25) is 0 Å². The van der Waals surface area contributed by atoms with Gasteiger partial charge in [0.25, 0.3) is 0 Å². The average molecular weight is 429 g/mol. The normalized spacial score (nSPS) is 14.4. The Morgan fingerprint density at radius 3 is 2.23 bits per heavy atom. The maximum atomic E-state index is 11.4. The predicted octanol–water partition coefficient (Wildman–Crippen LogP) is 3.08. The van der Waals surface area contributed by atoms with Gasteiger partial charge in [-0.15, -0.1) is 0 Å². The molecule has 0 spiro atoms. The fourth-order valence-corrected chi connectivity index (χ4v) is 4.06. The van der Waals surface area contributed by atoms with Crippen molar-refractivity contribution in [2.45, 2.75) is 22.6 Å². The monoisotopic (exact) mass is 428 g/mol. The Bertz CT molecular complexity index is 855. The molecular weight excluding hydrogens is 400 g/mol. The van der Waals surface area contributed by atoms with E-state index in [9.17, 15) is 4.79 Å². The van der Waals surface area contributed by atoms with Gasteiger partial charge in [0.15, 0.2) is 5.78 Å². The fourth-order valence-electron chi connectivity index (χ4n) is 3.12. The van der Waals surface area contributed by atoms with E-state index in [4.69, 9.17) is 9.47 Å². The highest BCUT2D eigenvalue weighted by atomic mass is 32.2. The lowest BCUT2D eigenvalue weighted by Crippen LogP contribution is -2.45. The number of ketones is 1. The predicted molar refractivity (Wildman–Crippen MR) is 119 cm³/mol. The molecule has 0 unspecified atom stereocenters. The molecule has 0 atom stereocenters. The van der Waals surface area contributed by atoms with Crippen molar-refractivity contribution < 1.29 is 14.3 Å². The molecule has 0 amide bonds. The fraction of sp³-hybridized carbons (Fsp3) is 0.409. The van der Waals surface area contributed by atoms with Gasteiger partial charge in [0.1, 0.15) is 4.90 Å². The van der Waals surface area contributed by atoms with E-state index in [1.165, 1.54) is 17.8 Å². The number of carbonyl (C=O) groups is 1. The van der Waals surface area contributed by atoms with Crippen LogP contribution in [0.3, 0.4) is 0 Å². The van der Waals surface area contributed by atoms with Crippen molar-refractivity contribution in [2.24, 2.45) is 0 Å². The van der Waals surface area contributed by atoms with Gasteiger partial charge in [0.05, 0.1) is 14.2 Å². The minimum absolute atomic E-state index is 0.0560. The number of aryl methyl sites for hydroxylation is 1. The zero-order valence-corrected chi connectivity index (χ0v) is 18.6. The summed E-state index contributed by atoms with van der Waals surface area (Å²) in [6.45, 7) is 7.18. The summed E-state index contributed by atoms with van der Waals surface area (Å²) in [5.41, 5.74) is 1.11. The first kappa shape index (κ1) is 22.1. The largest absolute Gasteiger partial charge is 0.480 e. The summed E-state index contributed by atoms with van der Waals surface area (Å²) in [6, 6.07) is 8.09. The number of carbonyl (C=O) groups excluding carboxylic acids is 1. The number of rotatable bonds is 9. The van der Waals surface area contributed by atoms with E-state index in [0.29, 0.717) is 30.5 Å². The molecule has 2 heterocycles. The summed E-state index contributed by atoms with van der Waals surface area (Å²) in [6.07, 6.45) is 2.54. The Balaban J connectivity index is 1.78. The summed E-state index contributed by atoms with van der Waals surface area (Å²) < 4.78 is 11.2. The van der Waals surface area contributed by atoms with E-state index in [0.717, 1.165) is 41.5 Å². The maximum Gasteiger partial charge on any atom is 0.236 e. The maximum absolute atomic E-state index is 11.4. The van der Waals surface area contributed by atoms with Crippen LogP contribution in [0, 0.1) is 0 Å². The number of ether oxygens (including phenoxy) is 2. The Labute approximate surface area is 182 Å². The number of aromatic nitrogens is 2. The lowest BCUT2D eigenvalue weighted by molar-refractivity contribution is -0.114. The molecule has 160 valence electrons. The molecule has 0 N–H and O–H groups in total. The first-order chi connectivity index (χ1) is 14.5. The van der Waals surface area contributed by atoms with Gasteiger partial charge >= 0.3 is 0 Å². The molecule has 3 rings (SSSR count). The second kappa shape index (κ2) is 10.4. The van der Waals surface area contributed by atoms with Crippen molar-refractivity contribution in [3.8, 4) is 11.8 Å². The summed E-state index contributed by atoms with van der Waals surface area (Å²) in [5.74, 6) is 1.69. The highest BCUT2D eigenvalue weighted by molar-refractivity contribution is 7.99. The van der Waals surface area contributed by atoms with E-state index in [1.807, 2.05) is 24.3 Å². The van der Waals surface area contributed by atoms with E-state index >= 15 is 0 Å². The summed E-state index contributed by atoms with van der Waals surface area (Å²) in [5, 5.41) is 0. The van der Waals surface area contributed by atoms with Crippen LogP contribution in [0.5, 0.6) is 11.8 Å². The smallest absolute Gasteiger partial charge is 0.236 e.